The van der Waals surface area contributed by atoms with Crippen molar-refractivity contribution in [3.63, 3.8) is 0 Å². The van der Waals surface area contributed by atoms with Gasteiger partial charge in [0.25, 0.3) is 0 Å². The van der Waals surface area contributed by atoms with Gasteiger partial charge in [-0.15, -0.1) is 0 Å². The van der Waals surface area contributed by atoms with Gasteiger partial charge < -0.3 is 4.74 Å². The van der Waals surface area contributed by atoms with Gasteiger partial charge in [-0.25, -0.2) is 0 Å². The van der Waals surface area contributed by atoms with E-state index in [9.17, 15) is 0 Å². The molecule has 0 bridgehead atoms. The van der Waals surface area contributed by atoms with Crippen LogP contribution in [0.5, 0.6) is 5.75 Å². The minimum Gasteiger partial charge on any atom is -0.491 e. The van der Waals surface area contributed by atoms with Gasteiger partial charge in [0.1, 0.15) is 5.75 Å². The lowest BCUT2D eigenvalue weighted by atomic mass is 9.97. The number of ether oxygens (including phenoxy) is 1. The Bertz CT molecular complexity index is 648. The van der Waals surface area contributed by atoms with Crippen molar-refractivity contribution >= 4 is 6.08 Å². The Balaban J connectivity index is 1.96. The smallest absolute Gasteiger partial charge is 0.119 e. The fraction of sp³-hybridized carbons (Fsp3) is 0.263. The molecule has 0 fully saturated rings. The van der Waals surface area contributed by atoms with Crippen LogP contribution in [0, 0.1) is 0 Å². The first-order valence-corrected chi connectivity index (χ1v) is 7.19. The van der Waals surface area contributed by atoms with Crippen molar-refractivity contribution in [1.82, 2.24) is 0 Å². The summed E-state index contributed by atoms with van der Waals surface area (Å²) in [5, 5.41) is 0. The SMILES string of the molecule is CC1=Cc2c(cccc2-c2ccc(OC(C)C)cc2)C1. The monoisotopic (exact) mass is 264 g/mol. The van der Waals surface area contributed by atoms with Crippen LogP contribution in [-0.2, 0) is 6.42 Å². The van der Waals surface area contributed by atoms with E-state index in [-0.39, 0.29) is 6.10 Å². The molecule has 3 rings (SSSR count). The first kappa shape index (κ1) is 13.0. The second-order valence-electron chi connectivity index (χ2n) is 5.74. The molecular weight excluding hydrogens is 244 g/mol. The predicted octanol–water partition coefficient (Wildman–Crippen LogP) is 5.10. The summed E-state index contributed by atoms with van der Waals surface area (Å²) >= 11 is 0. The summed E-state index contributed by atoms with van der Waals surface area (Å²) in [5.74, 6) is 0.933. The average molecular weight is 264 g/mol. The third kappa shape index (κ3) is 2.49. The van der Waals surface area contributed by atoms with E-state index in [1.54, 1.807) is 0 Å². The molecule has 0 atom stereocenters. The molecule has 1 nitrogen and oxygen atoms in total. The summed E-state index contributed by atoms with van der Waals surface area (Å²) in [6.45, 7) is 6.29. The second-order valence-corrected chi connectivity index (χ2v) is 5.74. The summed E-state index contributed by atoms with van der Waals surface area (Å²) in [6, 6.07) is 15.0. The van der Waals surface area contributed by atoms with Crippen molar-refractivity contribution in [3.05, 3.63) is 59.2 Å². The van der Waals surface area contributed by atoms with Crippen LogP contribution in [0.2, 0.25) is 0 Å². The van der Waals surface area contributed by atoms with Crippen LogP contribution < -0.4 is 4.74 Å². The highest BCUT2D eigenvalue weighted by Gasteiger charge is 2.14. The minimum absolute atomic E-state index is 0.215. The topological polar surface area (TPSA) is 9.23 Å². The number of fused-ring (bicyclic) bond motifs is 1. The van der Waals surface area contributed by atoms with Gasteiger partial charge in [0.15, 0.2) is 0 Å². The highest BCUT2D eigenvalue weighted by atomic mass is 16.5. The van der Waals surface area contributed by atoms with Crippen LogP contribution in [0.1, 0.15) is 31.9 Å². The first-order valence-electron chi connectivity index (χ1n) is 7.19. The summed E-state index contributed by atoms with van der Waals surface area (Å²) in [4.78, 5) is 0. The molecular formula is C19H20O. The Labute approximate surface area is 120 Å². The zero-order chi connectivity index (χ0) is 14.1. The van der Waals surface area contributed by atoms with Gasteiger partial charge in [-0.05, 0) is 61.6 Å². The molecule has 0 spiro atoms. The Morgan fingerprint density at radius 3 is 2.45 bits per heavy atom. The molecule has 0 saturated heterocycles. The Morgan fingerprint density at radius 1 is 1.00 bits per heavy atom. The zero-order valence-corrected chi connectivity index (χ0v) is 12.3. The maximum absolute atomic E-state index is 5.70. The van der Waals surface area contributed by atoms with E-state index in [0.29, 0.717) is 0 Å². The first-order chi connectivity index (χ1) is 9.63. The van der Waals surface area contributed by atoms with E-state index in [4.69, 9.17) is 4.74 Å². The second kappa shape index (κ2) is 5.16. The fourth-order valence-electron chi connectivity index (χ4n) is 2.77. The van der Waals surface area contributed by atoms with E-state index in [0.717, 1.165) is 12.2 Å². The van der Waals surface area contributed by atoms with Crippen molar-refractivity contribution in [2.45, 2.75) is 33.3 Å². The summed E-state index contributed by atoms with van der Waals surface area (Å²) < 4.78 is 5.70. The van der Waals surface area contributed by atoms with Gasteiger partial charge in [-0.3, -0.25) is 0 Å². The summed E-state index contributed by atoms with van der Waals surface area (Å²) in [5.41, 5.74) is 6.82. The molecule has 0 unspecified atom stereocenters. The van der Waals surface area contributed by atoms with Gasteiger partial charge in [0.2, 0.25) is 0 Å². The number of rotatable bonds is 3. The largest absolute Gasteiger partial charge is 0.491 e. The molecule has 0 amide bonds. The highest BCUT2D eigenvalue weighted by Crippen LogP contribution is 2.34. The normalized spacial score (nSPS) is 13.3. The third-order valence-electron chi connectivity index (χ3n) is 3.59. The molecule has 2 aromatic rings. The van der Waals surface area contributed by atoms with Gasteiger partial charge in [0, 0.05) is 0 Å². The average Bonchev–Trinajstić information content (AvgIpc) is 2.79. The van der Waals surface area contributed by atoms with Crippen molar-refractivity contribution in [2.75, 3.05) is 0 Å². The molecule has 0 saturated carbocycles. The Hall–Kier alpha value is -2.02. The van der Waals surface area contributed by atoms with Crippen LogP contribution in [-0.4, -0.2) is 6.10 Å². The van der Waals surface area contributed by atoms with E-state index in [1.165, 1.54) is 27.8 Å². The molecule has 0 aliphatic heterocycles. The van der Waals surface area contributed by atoms with Crippen LogP contribution in [0.4, 0.5) is 0 Å². The molecule has 20 heavy (non-hydrogen) atoms. The Kier molecular flexibility index (Phi) is 3.35. The lowest BCUT2D eigenvalue weighted by Crippen LogP contribution is -2.05. The van der Waals surface area contributed by atoms with Gasteiger partial charge in [-0.1, -0.05) is 42.0 Å². The van der Waals surface area contributed by atoms with Crippen molar-refractivity contribution in [1.29, 1.82) is 0 Å². The van der Waals surface area contributed by atoms with Crippen molar-refractivity contribution in [2.24, 2.45) is 0 Å². The molecule has 0 heterocycles. The molecule has 0 radical (unpaired) electrons. The molecule has 1 aliphatic rings. The maximum atomic E-state index is 5.70. The van der Waals surface area contributed by atoms with Crippen LogP contribution in [0.3, 0.4) is 0 Å². The standard InChI is InChI=1S/C19H20O/c1-13(2)20-17-9-7-15(8-10-17)18-6-4-5-16-11-14(3)12-19(16)18/h4-10,12-13H,11H2,1-3H3. The van der Waals surface area contributed by atoms with E-state index >= 15 is 0 Å². The molecule has 2 aromatic carbocycles. The number of hydrogen-bond donors (Lipinski definition) is 0. The quantitative estimate of drug-likeness (QED) is 0.749. The predicted molar refractivity (Wildman–Crippen MR) is 85.0 cm³/mol. The van der Waals surface area contributed by atoms with Crippen molar-refractivity contribution < 1.29 is 4.74 Å². The Morgan fingerprint density at radius 2 is 1.75 bits per heavy atom. The maximum Gasteiger partial charge on any atom is 0.119 e. The molecule has 1 aliphatic carbocycles. The molecule has 0 aromatic heterocycles. The van der Waals surface area contributed by atoms with Crippen molar-refractivity contribution in [3.8, 4) is 16.9 Å². The zero-order valence-electron chi connectivity index (χ0n) is 12.3. The third-order valence-corrected chi connectivity index (χ3v) is 3.59. The molecule has 0 N–H and O–H groups in total. The van der Waals surface area contributed by atoms with Crippen LogP contribution in [0.25, 0.3) is 17.2 Å². The highest BCUT2D eigenvalue weighted by molar-refractivity contribution is 5.80. The molecule has 102 valence electrons. The van der Waals surface area contributed by atoms with E-state index in [2.05, 4.69) is 55.5 Å². The number of allylic oxidation sites excluding steroid dienone is 1. The summed E-state index contributed by atoms with van der Waals surface area (Å²) in [7, 11) is 0. The van der Waals surface area contributed by atoms with Gasteiger partial charge in [0.05, 0.1) is 6.10 Å². The van der Waals surface area contributed by atoms with Gasteiger partial charge in [-0.2, -0.15) is 0 Å². The van der Waals surface area contributed by atoms with E-state index in [1.807, 2.05) is 13.8 Å². The van der Waals surface area contributed by atoms with Crippen LogP contribution >= 0.6 is 0 Å². The fourth-order valence-corrected chi connectivity index (χ4v) is 2.77. The molecule has 1 heteroatoms. The van der Waals surface area contributed by atoms with E-state index < -0.39 is 0 Å². The van der Waals surface area contributed by atoms with Crippen LogP contribution in [0.15, 0.2) is 48.0 Å². The minimum atomic E-state index is 0.215. The number of benzene rings is 2. The number of hydrogen-bond acceptors (Lipinski definition) is 1. The lowest BCUT2D eigenvalue weighted by Gasteiger charge is -2.11. The summed E-state index contributed by atoms with van der Waals surface area (Å²) in [6.07, 6.45) is 3.60. The van der Waals surface area contributed by atoms with Gasteiger partial charge >= 0.3 is 0 Å². The lowest BCUT2D eigenvalue weighted by molar-refractivity contribution is 0.242.